The normalized spacial score (nSPS) is 20.2. The van der Waals surface area contributed by atoms with Crippen molar-refractivity contribution in [2.75, 3.05) is 12.4 Å². The van der Waals surface area contributed by atoms with Crippen molar-refractivity contribution in [2.24, 2.45) is 0 Å². The number of benzene rings is 2. The van der Waals surface area contributed by atoms with Gasteiger partial charge in [0.05, 0.1) is 13.2 Å². The van der Waals surface area contributed by atoms with Crippen LogP contribution in [0.2, 0.25) is 0 Å². The number of aryl methyl sites for hydroxylation is 1. The Morgan fingerprint density at radius 3 is 2.48 bits per heavy atom. The molecule has 0 radical (unpaired) electrons. The SMILES string of the molecule is COc1ccc(NC2(C#N)CCc3ccccc3C2)cc1. The third-order valence-corrected chi connectivity index (χ3v) is 4.12. The summed E-state index contributed by atoms with van der Waals surface area (Å²) in [7, 11) is 1.65. The first-order valence-corrected chi connectivity index (χ1v) is 7.15. The van der Waals surface area contributed by atoms with Gasteiger partial charge in [0.25, 0.3) is 0 Å². The molecule has 0 amide bonds. The van der Waals surface area contributed by atoms with E-state index < -0.39 is 5.54 Å². The highest BCUT2D eigenvalue weighted by atomic mass is 16.5. The molecule has 0 aromatic heterocycles. The van der Waals surface area contributed by atoms with E-state index in [1.165, 1.54) is 11.1 Å². The minimum atomic E-state index is -0.525. The third-order valence-electron chi connectivity index (χ3n) is 4.12. The van der Waals surface area contributed by atoms with E-state index in [0.717, 1.165) is 30.7 Å². The van der Waals surface area contributed by atoms with Crippen LogP contribution in [-0.4, -0.2) is 12.6 Å². The molecule has 21 heavy (non-hydrogen) atoms. The van der Waals surface area contributed by atoms with Crippen molar-refractivity contribution >= 4 is 5.69 Å². The zero-order valence-electron chi connectivity index (χ0n) is 12.1. The molecule has 0 fully saturated rings. The molecule has 3 rings (SSSR count). The van der Waals surface area contributed by atoms with Crippen LogP contribution in [0.25, 0.3) is 0 Å². The summed E-state index contributed by atoms with van der Waals surface area (Å²) >= 11 is 0. The van der Waals surface area contributed by atoms with Crippen molar-refractivity contribution < 1.29 is 4.74 Å². The molecule has 1 aliphatic rings. The molecule has 3 nitrogen and oxygen atoms in total. The number of nitrogens with zero attached hydrogens (tertiary/aromatic N) is 1. The van der Waals surface area contributed by atoms with Crippen LogP contribution < -0.4 is 10.1 Å². The molecule has 0 spiro atoms. The summed E-state index contributed by atoms with van der Waals surface area (Å²) in [5.74, 6) is 0.820. The second kappa shape index (κ2) is 5.49. The van der Waals surface area contributed by atoms with Gasteiger partial charge in [-0.25, -0.2) is 0 Å². The molecular formula is C18H18N2O. The highest BCUT2D eigenvalue weighted by Crippen LogP contribution is 2.31. The monoisotopic (exact) mass is 278 g/mol. The van der Waals surface area contributed by atoms with E-state index in [4.69, 9.17) is 4.74 Å². The van der Waals surface area contributed by atoms with Crippen LogP contribution in [0.1, 0.15) is 17.5 Å². The lowest BCUT2D eigenvalue weighted by atomic mass is 9.78. The Morgan fingerprint density at radius 1 is 1.10 bits per heavy atom. The maximum Gasteiger partial charge on any atom is 0.129 e. The fraction of sp³-hybridized carbons (Fsp3) is 0.278. The number of nitriles is 1. The lowest BCUT2D eigenvalue weighted by Gasteiger charge is -2.34. The van der Waals surface area contributed by atoms with Gasteiger partial charge in [-0.1, -0.05) is 24.3 Å². The predicted molar refractivity (Wildman–Crippen MR) is 83.4 cm³/mol. The quantitative estimate of drug-likeness (QED) is 0.933. The van der Waals surface area contributed by atoms with E-state index in [1.807, 2.05) is 30.3 Å². The van der Waals surface area contributed by atoms with Gasteiger partial charge >= 0.3 is 0 Å². The number of ether oxygens (including phenoxy) is 1. The minimum Gasteiger partial charge on any atom is -0.497 e. The Balaban J connectivity index is 1.83. The zero-order chi connectivity index (χ0) is 14.7. The Bertz CT molecular complexity index is 672. The lowest BCUT2D eigenvalue weighted by Crippen LogP contribution is -2.42. The molecule has 0 bridgehead atoms. The molecule has 1 aliphatic carbocycles. The first kappa shape index (κ1) is 13.5. The summed E-state index contributed by atoms with van der Waals surface area (Å²) in [6.45, 7) is 0. The number of methoxy groups -OCH3 is 1. The van der Waals surface area contributed by atoms with Crippen molar-refractivity contribution in [1.29, 1.82) is 5.26 Å². The van der Waals surface area contributed by atoms with Gasteiger partial charge in [-0.2, -0.15) is 5.26 Å². The van der Waals surface area contributed by atoms with E-state index in [1.54, 1.807) is 7.11 Å². The Kier molecular flexibility index (Phi) is 3.53. The molecule has 2 aromatic carbocycles. The zero-order valence-corrected chi connectivity index (χ0v) is 12.1. The van der Waals surface area contributed by atoms with Gasteiger partial charge in [0.1, 0.15) is 11.3 Å². The van der Waals surface area contributed by atoms with Crippen molar-refractivity contribution in [1.82, 2.24) is 0 Å². The van der Waals surface area contributed by atoms with Gasteiger partial charge in [0, 0.05) is 12.1 Å². The maximum absolute atomic E-state index is 9.69. The van der Waals surface area contributed by atoms with Crippen LogP contribution in [0.3, 0.4) is 0 Å². The number of fused-ring (bicyclic) bond motifs is 1. The summed E-state index contributed by atoms with van der Waals surface area (Å²) in [6, 6.07) is 18.6. The smallest absolute Gasteiger partial charge is 0.129 e. The summed E-state index contributed by atoms with van der Waals surface area (Å²) < 4.78 is 5.16. The van der Waals surface area contributed by atoms with Crippen LogP contribution in [0.5, 0.6) is 5.75 Å². The van der Waals surface area contributed by atoms with E-state index in [9.17, 15) is 5.26 Å². The van der Waals surface area contributed by atoms with Crippen LogP contribution in [0.15, 0.2) is 48.5 Å². The van der Waals surface area contributed by atoms with Crippen LogP contribution in [0, 0.1) is 11.3 Å². The first-order valence-electron chi connectivity index (χ1n) is 7.15. The summed E-state index contributed by atoms with van der Waals surface area (Å²) in [4.78, 5) is 0. The minimum absolute atomic E-state index is 0.525. The summed E-state index contributed by atoms with van der Waals surface area (Å²) in [6.07, 6.45) is 2.51. The maximum atomic E-state index is 9.69. The standard InChI is InChI=1S/C18H18N2O/c1-21-17-8-6-16(7-9-17)20-18(13-19)11-10-14-4-2-3-5-15(14)12-18/h2-9,20H,10-12H2,1H3. The predicted octanol–water partition coefficient (Wildman–Crippen LogP) is 3.56. The van der Waals surface area contributed by atoms with Crippen molar-refractivity contribution in [3.63, 3.8) is 0 Å². The van der Waals surface area contributed by atoms with Gasteiger partial charge in [0.15, 0.2) is 0 Å². The molecule has 0 aliphatic heterocycles. The Labute approximate surface area is 125 Å². The largest absolute Gasteiger partial charge is 0.497 e. The van der Waals surface area contributed by atoms with Gasteiger partial charge in [-0.05, 0) is 48.2 Å². The Morgan fingerprint density at radius 2 is 1.81 bits per heavy atom. The van der Waals surface area contributed by atoms with Crippen molar-refractivity contribution in [3.8, 4) is 11.8 Å². The third kappa shape index (κ3) is 2.71. The number of hydrogen-bond donors (Lipinski definition) is 1. The van der Waals surface area contributed by atoms with Crippen LogP contribution >= 0.6 is 0 Å². The summed E-state index contributed by atoms with van der Waals surface area (Å²) in [5.41, 5.74) is 3.06. The molecule has 0 saturated heterocycles. The van der Waals surface area contributed by atoms with E-state index >= 15 is 0 Å². The van der Waals surface area contributed by atoms with E-state index in [0.29, 0.717) is 0 Å². The average molecular weight is 278 g/mol. The molecule has 0 heterocycles. The van der Waals surface area contributed by atoms with Gasteiger partial charge in [0.2, 0.25) is 0 Å². The topological polar surface area (TPSA) is 45.0 Å². The van der Waals surface area contributed by atoms with E-state index in [-0.39, 0.29) is 0 Å². The highest BCUT2D eigenvalue weighted by Gasteiger charge is 2.34. The number of hydrogen-bond acceptors (Lipinski definition) is 3. The average Bonchev–Trinajstić information content (AvgIpc) is 2.55. The van der Waals surface area contributed by atoms with Crippen molar-refractivity contribution in [3.05, 3.63) is 59.7 Å². The van der Waals surface area contributed by atoms with Gasteiger partial charge < -0.3 is 10.1 Å². The van der Waals surface area contributed by atoms with Crippen LogP contribution in [0.4, 0.5) is 5.69 Å². The number of rotatable bonds is 3. The summed E-state index contributed by atoms with van der Waals surface area (Å²) in [5, 5.41) is 13.1. The van der Waals surface area contributed by atoms with Gasteiger partial charge in [-0.15, -0.1) is 0 Å². The molecule has 0 saturated carbocycles. The molecule has 1 unspecified atom stereocenters. The second-order valence-electron chi connectivity index (χ2n) is 5.49. The molecular weight excluding hydrogens is 260 g/mol. The second-order valence-corrected chi connectivity index (χ2v) is 5.49. The van der Waals surface area contributed by atoms with Gasteiger partial charge in [-0.3, -0.25) is 0 Å². The van der Waals surface area contributed by atoms with Crippen molar-refractivity contribution in [2.45, 2.75) is 24.8 Å². The fourth-order valence-electron chi connectivity index (χ4n) is 2.92. The molecule has 1 atom stereocenters. The molecule has 1 N–H and O–H groups in total. The molecule has 2 aromatic rings. The molecule has 106 valence electrons. The van der Waals surface area contributed by atoms with E-state index in [2.05, 4.69) is 29.6 Å². The highest BCUT2D eigenvalue weighted by molar-refractivity contribution is 5.52. The lowest BCUT2D eigenvalue weighted by molar-refractivity contribution is 0.415. The number of nitrogens with one attached hydrogen (secondary N) is 1. The first-order chi connectivity index (χ1) is 10.2. The van der Waals surface area contributed by atoms with Crippen LogP contribution in [-0.2, 0) is 12.8 Å². The fourth-order valence-corrected chi connectivity index (χ4v) is 2.92. The number of anilines is 1. The Hall–Kier alpha value is -2.47. The molecule has 3 heteroatoms.